The average molecular weight is 172 g/mol. The van der Waals surface area contributed by atoms with Crippen LogP contribution in [0.2, 0.25) is 0 Å². The number of allylic oxidation sites excluding steroid dienone is 8. The molecule has 64 valence electrons. The first-order valence-electron chi connectivity index (χ1n) is 4.11. The summed E-state index contributed by atoms with van der Waals surface area (Å²) in [5.41, 5.74) is 1.47. The van der Waals surface area contributed by atoms with Crippen molar-refractivity contribution in [3.8, 4) is 0 Å². The molecule has 0 aromatic carbocycles. The quantitative estimate of drug-likeness (QED) is 0.562. The topological polar surface area (TPSA) is 34.1 Å². The van der Waals surface area contributed by atoms with Crippen LogP contribution in [0.3, 0.4) is 0 Å². The minimum Gasteiger partial charge on any atom is -0.290 e. The minimum absolute atomic E-state index is 0.0745. The number of ketones is 2. The maximum absolute atomic E-state index is 11.4. The molecule has 0 saturated carbocycles. The monoisotopic (exact) mass is 172 g/mol. The highest BCUT2D eigenvalue weighted by atomic mass is 16.1. The highest BCUT2D eigenvalue weighted by Crippen LogP contribution is 2.22. The Labute approximate surface area is 75.9 Å². The smallest absolute Gasteiger partial charge is 0.186 e. The number of hydrogen-bond donors (Lipinski definition) is 0. The third kappa shape index (κ3) is 1.43. The van der Waals surface area contributed by atoms with E-state index in [0.717, 1.165) is 12.0 Å². The average Bonchev–Trinajstić information content (AvgIpc) is 2.61. The van der Waals surface area contributed by atoms with Gasteiger partial charge in [0, 0.05) is 5.57 Å². The standard InChI is InChI=1S/C11H8O2/c12-9-5-6-11(13)10(7-9)8-3-1-2-4-8/h1-3,5-7H,4H2. The normalized spacial score (nSPS) is 20.6. The second-order valence-corrected chi connectivity index (χ2v) is 2.98. The summed E-state index contributed by atoms with van der Waals surface area (Å²) in [6.07, 6.45) is 10.5. The molecule has 2 rings (SSSR count). The van der Waals surface area contributed by atoms with Crippen LogP contribution in [0.25, 0.3) is 0 Å². The van der Waals surface area contributed by atoms with Gasteiger partial charge in [0.25, 0.3) is 0 Å². The maximum atomic E-state index is 11.4. The minimum atomic E-state index is -0.109. The molecule has 0 bridgehead atoms. The molecular weight excluding hydrogens is 164 g/mol. The van der Waals surface area contributed by atoms with Gasteiger partial charge < -0.3 is 0 Å². The highest BCUT2D eigenvalue weighted by Gasteiger charge is 2.17. The molecule has 0 N–H and O–H groups in total. The highest BCUT2D eigenvalue weighted by molar-refractivity contribution is 6.19. The number of rotatable bonds is 1. The van der Waals surface area contributed by atoms with Crippen molar-refractivity contribution in [3.63, 3.8) is 0 Å². The predicted octanol–water partition coefficient (Wildman–Crippen LogP) is 1.51. The van der Waals surface area contributed by atoms with Gasteiger partial charge >= 0.3 is 0 Å². The lowest BCUT2D eigenvalue weighted by Gasteiger charge is -2.06. The van der Waals surface area contributed by atoms with Crippen LogP contribution in [0, 0.1) is 0 Å². The van der Waals surface area contributed by atoms with Gasteiger partial charge in [0.05, 0.1) is 0 Å². The third-order valence-corrected chi connectivity index (χ3v) is 2.07. The van der Waals surface area contributed by atoms with Crippen molar-refractivity contribution in [2.24, 2.45) is 0 Å². The summed E-state index contributed by atoms with van der Waals surface area (Å²) in [6.45, 7) is 0. The van der Waals surface area contributed by atoms with Crippen LogP contribution in [-0.4, -0.2) is 11.6 Å². The van der Waals surface area contributed by atoms with Gasteiger partial charge in [-0.15, -0.1) is 0 Å². The van der Waals surface area contributed by atoms with Crippen molar-refractivity contribution in [2.75, 3.05) is 0 Å². The summed E-state index contributed by atoms with van der Waals surface area (Å²) in [4.78, 5) is 22.4. The molecule has 0 saturated heterocycles. The molecule has 0 heterocycles. The molecule has 2 aliphatic carbocycles. The SMILES string of the molecule is O=C1C=CC(=O)C(C2=CC=CC2)=C1. The summed E-state index contributed by atoms with van der Waals surface area (Å²) in [5.74, 6) is -0.183. The van der Waals surface area contributed by atoms with Gasteiger partial charge in [-0.1, -0.05) is 18.2 Å². The van der Waals surface area contributed by atoms with Crippen LogP contribution in [0.15, 0.2) is 47.6 Å². The molecule has 2 nitrogen and oxygen atoms in total. The second kappa shape index (κ2) is 2.98. The fourth-order valence-electron chi connectivity index (χ4n) is 1.41. The van der Waals surface area contributed by atoms with Crippen molar-refractivity contribution < 1.29 is 9.59 Å². The largest absolute Gasteiger partial charge is 0.290 e. The van der Waals surface area contributed by atoms with E-state index < -0.39 is 0 Å². The third-order valence-electron chi connectivity index (χ3n) is 2.07. The van der Waals surface area contributed by atoms with Crippen molar-refractivity contribution in [3.05, 3.63) is 47.6 Å². The first-order chi connectivity index (χ1) is 6.27. The molecule has 0 aromatic rings. The van der Waals surface area contributed by atoms with Crippen LogP contribution >= 0.6 is 0 Å². The molecular formula is C11H8O2. The molecule has 2 heteroatoms. The maximum Gasteiger partial charge on any atom is 0.186 e. The molecule has 2 aliphatic rings. The van der Waals surface area contributed by atoms with E-state index in [1.54, 1.807) is 0 Å². The molecule has 0 aliphatic heterocycles. The van der Waals surface area contributed by atoms with Gasteiger partial charge in [0.15, 0.2) is 11.6 Å². The molecule has 13 heavy (non-hydrogen) atoms. The van der Waals surface area contributed by atoms with Crippen molar-refractivity contribution in [2.45, 2.75) is 6.42 Å². The fourth-order valence-corrected chi connectivity index (χ4v) is 1.41. The van der Waals surface area contributed by atoms with Crippen LogP contribution in [0.1, 0.15) is 6.42 Å². The van der Waals surface area contributed by atoms with Gasteiger partial charge in [-0.3, -0.25) is 9.59 Å². The van der Waals surface area contributed by atoms with Crippen LogP contribution in [0.5, 0.6) is 0 Å². The zero-order valence-corrected chi connectivity index (χ0v) is 6.99. The van der Waals surface area contributed by atoms with Crippen LogP contribution in [-0.2, 0) is 9.59 Å². The number of carbonyl (C=O) groups excluding carboxylic acids is 2. The van der Waals surface area contributed by atoms with Gasteiger partial charge in [0.1, 0.15) is 0 Å². The predicted molar refractivity (Wildman–Crippen MR) is 49.1 cm³/mol. The molecule has 0 radical (unpaired) electrons. The summed E-state index contributed by atoms with van der Waals surface area (Å²) in [6, 6.07) is 0. The van der Waals surface area contributed by atoms with Gasteiger partial charge in [-0.05, 0) is 30.2 Å². The molecule has 0 spiro atoms. The molecule has 0 aromatic heterocycles. The first-order valence-corrected chi connectivity index (χ1v) is 4.11. The zero-order valence-electron chi connectivity index (χ0n) is 6.99. The first kappa shape index (κ1) is 7.92. The Morgan fingerprint density at radius 3 is 2.69 bits per heavy atom. The Balaban J connectivity index is 2.32. The molecule has 0 atom stereocenters. The van der Waals surface area contributed by atoms with Gasteiger partial charge in [0.2, 0.25) is 0 Å². The van der Waals surface area contributed by atoms with Crippen molar-refractivity contribution in [1.29, 1.82) is 0 Å². The fraction of sp³-hybridized carbons (Fsp3) is 0.0909. The van der Waals surface area contributed by atoms with Crippen molar-refractivity contribution in [1.82, 2.24) is 0 Å². The Kier molecular flexibility index (Phi) is 1.81. The van der Waals surface area contributed by atoms with E-state index in [1.807, 2.05) is 18.2 Å². The molecule has 0 amide bonds. The summed E-state index contributed by atoms with van der Waals surface area (Å²) in [5, 5.41) is 0. The van der Waals surface area contributed by atoms with Gasteiger partial charge in [-0.2, -0.15) is 0 Å². The van der Waals surface area contributed by atoms with Crippen LogP contribution < -0.4 is 0 Å². The lowest BCUT2D eigenvalue weighted by molar-refractivity contribution is -0.114. The lowest BCUT2D eigenvalue weighted by atomic mass is 9.96. The van der Waals surface area contributed by atoms with Gasteiger partial charge in [-0.25, -0.2) is 0 Å². The second-order valence-electron chi connectivity index (χ2n) is 2.98. The number of hydrogen-bond acceptors (Lipinski definition) is 2. The van der Waals surface area contributed by atoms with E-state index in [0.29, 0.717) is 5.57 Å². The van der Waals surface area contributed by atoms with E-state index in [2.05, 4.69) is 0 Å². The van der Waals surface area contributed by atoms with Crippen LogP contribution in [0.4, 0.5) is 0 Å². The van der Waals surface area contributed by atoms with E-state index in [4.69, 9.17) is 0 Å². The van der Waals surface area contributed by atoms with E-state index in [9.17, 15) is 9.59 Å². The zero-order chi connectivity index (χ0) is 9.26. The lowest BCUT2D eigenvalue weighted by Crippen LogP contribution is -2.08. The molecule has 0 unspecified atom stereocenters. The van der Waals surface area contributed by atoms with E-state index in [-0.39, 0.29) is 11.6 Å². The summed E-state index contributed by atoms with van der Waals surface area (Å²) < 4.78 is 0. The Bertz CT molecular complexity index is 392. The van der Waals surface area contributed by atoms with E-state index in [1.165, 1.54) is 18.2 Å². The Hall–Kier alpha value is -1.70. The Morgan fingerprint density at radius 2 is 2.00 bits per heavy atom. The van der Waals surface area contributed by atoms with Crippen molar-refractivity contribution >= 4 is 11.6 Å². The summed E-state index contributed by atoms with van der Waals surface area (Å²) >= 11 is 0. The summed E-state index contributed by atoms with van der Waals surface area (Å²) in [7, 11) is 0. The Morgan fingerprint density at radius 1 is 1.15 bits per heavy atom. The van der Waals surface area contributed by atoms with E-state index >= 15 is 0 Å². The molecule has 0 fully saturated rings. The number of carbonyl (C=O) groups is 2.